The first kappa shape index (κ1) is 30.2. The van der Waals surface area contributed by atoms with E-state index < -0.39 is 0 Å². The smallest absolute Gasteiger partial charge is 0.226 e. The van der Waals surface area contributed by atoms with Crippen molar-refractivity contribution in [3.63, 3.8) is 0 Å². The number of aromatic nitrogens is 4. The summed E-state index contributed by atoms with van der Waals surface area (Å²) in [5.74, 6) is 15.1. The molecule has 2 fully saturated rings. The molecule has 2 aromatic heterocycles. The van der Waals surface area contributed by atoms with Crippen LogP contribution in [0.15, 0.2) is 36.7 Å². The number of amides is 2. The standard InChI is InChI=1S/C35H42N6O2/c1-6-24(4)34(42)40-19-7-9-30(40)32-36-21-28(38-32)17-15-26-11-13-27(14-12-26)16-18-29-22-37-33(39-29)31-10-8-20-41(31)35(43)25(5)23(2)3/h11-14,21-25,30-31H,6-10,19-20H2,1-5H3,(H,36,38)(H,37,39). The number of carbonyl (C=O) groups excluding carboxylic acids is 2. The second kappa shape index (κ2) is 13.3. The van der Waals surface area contributed by atoms with Gasteiger partial charge in [0.05, 0.1) is 24.5 Å². The number of nitrogens with one attached hydrogen (secondary N) is 2. The lowest BCUT2D eigenvalue weighted by atomic mass is 9.96. The summed E-state index contributed by atoms with van der Waals surface area (Å²) >= 11 is 0. The summed E-state index contributed by atoms with van der Waals surface area (Å²) in [6, 6.07) is 7.79. The molecule has 0 aliphatic carbocycles. The first-order valence-electron chi connectivity index (χ1n) is 15.6. The number of carbonyl (C=O) groups is 2. The highest BCUT2D eigenvalue weighted by atomic mass is 16.2. The number of imidazole rings is 2. The second-order valence-corrected chi connectivity index (χ2v) is 12.2. The van der Waals surface area contributed by atoms with E-state index in [4.69, 9.17) is 0 Å². The van der Waals surface area contributed by atoms with Gasteiger partial charge in [0.15, 0.2) is 0 Å². The second-order valence-electron chi connectivity index (χ2n) is 12.2. The van der Waals surface area contributed by atoms with Gasteiger partial charge in [-0.3, -0.25) is 9.59 Å². The lowest BCUT2D eigenvalue weighted by Gasteiger charge is -2.27. The summed E-state index contributed by atoms with van der Waals surface area (Å²) in [7, 11) is 0. The van der Waals surface area contributed by atoms with E-state index in [1.165, 1.54) is 0 Å². The Morgan fingerprint density at radius 2 is 1.26 bits per heavy atom. The van der Waals surface area contributed by atoms with Crippen molar-refractivity contribution in [2.45, 2.75) is 78.8 Å². The van der Waals surface area contributed by atoms with Gasteiger partial charge in [0.25, 0.3) is 0 Å². The molecule has 4 heterocycles. The van der Waals surface area contributed by atoms with Crippen molar-refractivity contribution in [2.24, 2.45) is 17.8 Å². The predicted octanol–water partition coefficient (Wildman–Crippen LogP) is 5.60. The van der Waals surface area contributed by atoms with Gasteiger partial charge >= 0.3 is 0 Å². The van der Waals surface area contributed by atoms with Crippen molar-refractivity contribution < 1.29 is 9.59 Å². The lowest BCUT2D eigenvalue weighted by Crippen LogP contribution is -2.36. The number of nitrogens with zero attached hydrogens (tertiary/aromatic N) is 4. The summed E-state index contributed by atoms with van der Waals surface area (Å²) in [5.41, 5.74) is 3.22. The highest BCUT2D eigenvalue weighted by Gasteiger charge is 2.35. The van der Waals surface area contributed by atoms with Gasteiger partial charge in [0.1, 0.15) is 23.0 Å². The van der Waals surface area contributed by atoms with E-state index in [0.717, 1.165) is 79.4 Å². The highest BCUT2D eigenvalue weighted by Crippen LogP contribution is 2.33. The fraction of sp³-hybridized carbons (Fsp3) is 0.486. The molecular weight excluding hydrogens is 536 g/mol. The van der Waals surface area contributed by atoms with Crippen LogP contribution in [0.25, 0.3) is 0 Å². The van der Waals surface area contributed by atoms with Crippen LogP contribution in [0, 0.1) is 41.4 Å². The Kier molecular flexibility index (Phi) is 9.36. The van der Waals surface area contributed by atoms with E-state index in [1.807, 2.05) is 54.8 Å². The largest absolute Gasteiger partial charge is 0.334 e. The Balaban J connectivity index is 1.20. The molecule has 0 bridgehead atoms. The van der Waals surface area contributed by atoms with Crippen LogP contribution in [-0.4, -0.2) is 54.6 Å². The Bertz CT molecular complexity index is 1560. The number of likely N-dealkylation sites (tertiary alicyclic amines) is 2. The van der Waals surface area contributed by atoms with Crippen LogP contribution in [0.3, 0.4) is 0 Å². The van der Waals surface area contributed by atoms with Gasteiger partial charge < -0.3 is 19.8 Å². The molecule has 2 saturated heterocycles. The average molecular weight is 579 g/mol. The highest BCUT2D eigenvalue weighted by molar-refractivity contribution is 5.79. The van der Waals surface area contributed by atoms with Crippen molar-refractivity contribution in [3.05, 3.63) is 70.8 Å². The van der Waals surface area contributed by atoms with Crippen molar-refractivity contribution in [1.82, 2.24) is 29.7 Å². The minimum absolute atomic E-state index is 0.00553. The maximum atomic E-state index is 13.0. The SMILES string of the molecule is CCC(C)C(=O)N1CCCC1c1ncc(C#Cc2ccc(C#Cc3cnc(C4CCCN4C(=O)C(C)C(C)C)[nH]3)cc2)[nH]1. The molecule has 8 heteroatoms. The number of benzene rings is 1. The third-order valence-corrected chi connectivity index (χ3v) is 8.89. The van der Waals surface area contributed by atoms with Crippen molar-refractivity contribution in [2.75, 3.05) is 13.1 Å². The van der Waals surface area contributed by atoms with Crippen LogP contribution in [0.1, 0.15) is 113 Å². The van der Waals surface area contributed by atoms with Gasteiger partial charge in [-0.25, -0.2) is 9.97 Å². The fourth-order valence-corrected chi connectivity index (χ4v) is 5.69. The third kappa shape index (κ3) is 6.86. The van der Waals surface area contributed by atoms with Crippen LogP contribution in [0.4, 0.5) is 0 Å². The zero-order valence-corrected chi connectivity index (χ0v) is 25.9. The molecule has 8 nitrogen and oxygen atoms in total. The van der Waals surface area contributed by atoms with Crippen LogP contribution in [-0.2, 0) is 9.59 Å². The van der Waals surface area contributed by atoms with Crippen molar-refractivity contribution >= 4 is 11.8 Å². The van der Waals surface area contributed by atoms with E-state index in [2.05, 4.69) is 57.5 Å². The molecule has 2 aliphatic heterocycles. The number of rotatable bonds is 6. The molecule has 0 radical (unpaired) electrons. The first-order valence-corrected chi connectivity index (χ1v) is 15.6. The topological polar surface area (TPSA) is 98.0 Å². The molecule has 0 spiro atoms. The van der Waals surface area contributed by atoms with E-state index in [-0.39, 0.29) is 35.7 Å². The molecule has 4 atom stereocenters. The van der Waals surface area contributed by atoms with Gasteiger partial charge in [-0.1, -0.05) is 46.5 Å². The average Bonchev–Trinajstić information content (AvgIpc) is 3.84. The number of hydrogen-bond donors (Lipinski definition) is 2. The predicted molar refractivity (Wildman–Crippen MR) is 166 cm³/mol. The summed E-state index contributed by atoms with van der Waals surface area (Å²) in [5, 5.41) is 0. The third-order valence-electron chi connectivity index (χ3n) is 8.89. The maximum Gasteiger partial charge on any atom is 0.226 e. The molecule has 224 valence electrons. The van der Waals surface area contributed by atoms with E-state index in [9.17, 15) is 9.59 Å². The number of hydrogen-bond acceptors (Lipinski definition) is 4. The summed E-state index contributed by atoms with van der Waals surface area (Å²) < 4.78 is 0. The minimum atomic E-state index is -0.0163. The Labute approximate surface area is 255 Å². The van der Waals surface area contributed by atoms with Crippen LogP contribution >= 0.6 is 0 Å². The zero-order valence-electron chi connectivity index (χ0n) is 25.9. The van der Waals surface area contributed by atoms with Crippen molar-refractivity contribution in [1.29, 1.82) is 0 Å². The number of H-pyrrole nitrogens is 2. The lowest BCUT2D eigenvalue weighted by molar-refractivity contribution is -0.137. The molecule has 2 amide bonds. The van der Waals surface area contributed by atoms with E-state index in [1.54, 1.807) is 12.4 Å². The van der Waals surface area contributed by atoms with Gasteiger partial charge in [0, 0.05) is 36.1 Å². The Morgan fingerprint density at radius 3 is 1.70 bits per heavy atom. The molecule has 3 aromatic rings. The van der Waals surface area contributed by atoms with Gasteiger partial charge in [-0.05, 0) is 74.1 Å². The molecule has 2 N–H and O–H groups in total. The summed E-state index contributed by atoms with van der Waals surface area (Å²) in [6.45, 7) is 11.8. The molecular formula is C35H42N6O2. The maximum absolute atomic E-state index is 13.0. The molecule has 0 saturated carbocycles. The van der Waals surface area contributed by atoms with E-state index >= 15 is 0 Å². The van der Waals surface area contributed by atoms with Crippen molar-refractivity contribution in [3.8, 4) is 23.7 Å². The minimum Gasteiger partial charge on any atom is -0.334 e. The zero-order chi connectivity index (χ0) is 30.5. The quantitative estimate of drug-likeness (QED) is 0.372. The van der Waals surface area contributed by atoms with Crippen LogP contribution in [0.5, 0.6) is 0 Å². The van der Waals surface area contributed by atoms with Crippen LogP contribution < -0.4 is 0 Å². The molecule has 1 aromatic carbocycles. The number of aromatic amines is 2. The monoisotopic (exact) mass is 578 g/mol. The Hall–Kier alpha value is -4.30. The molecule has 5 rings (SSSR count). The summed E-state index contributed by atoms with van der Waals surface area (Å²) in [6.07, 6.45) is 8.14. The normalized spacial score (nSPS) is 19.5. The molecule has 4 unspecified atom stereocenters. The van der Waals surface area contributed by atoms with E-state index in [0.29, 0.717) is 5.92 Å². The first-order chi connectivity index (χ1) is 20.7. The molecule has 2 aliphatic rings. The van der Waals surface area contributed by atoms with Gasteiger partial charge in [-0.2, -0.15) is 0 Å². The fourth-order valence-electron chi connectivity index (χ4n) is 5.69. The summed E-state index contributed by atoms with van der Waals surface area (Å²) in [4.78, 5) is 45.5. The van der Waals surface area contributed by atoms with Gasteiger partial charge in [0.2, 0.25) is 11.8 Å². The molecule has 43 heavy (non-hydrogen) atoms. The van der Waals surface area contributed by atoms with Crippen LogP contribution in [0.2, 0.25) is 0 Å². The Morgan fingerprint density at radius 1 is 0.791 bits per heavy atom. The van der Waals surface area contributed by atoms with Gasteiger partial charge in [-0.15, -0.1) is 0 Å².